The van der Waals surface area contributed by atoms with Crippen LogP contribution in [0.25, 0.3) is 0 Å². The minimum Gasteiger partial charge on any atom is -0.480 e. The molecule has 2 fully saturated rings. The molecule has 1 aromatic rings. The molecule has 0 aliphatic carbocycles. The number of fused-ring (bicyclic) bond motifs is 1. The van der Waals surface area contributed by atoms with Gasteiger partial charge in [0.05, 0.1) is 10.6 Å². The van der Waals surface area contributed by atoms with Crippen molar-refractivity contribution in [2.24, 2.45) is 0 Å². The van der Waals surface area contributed by atoms with E-state index in [9.17, 15) is 24.3 Å². The van der Waals surface area contributed by atoms with Gasteiger partial charge in [0.2, 0.25) is 11.8 Å². The van der Waals surface area contributed by atoms with Gasteiger partial charge in [-0.3, -0.25) is 14.4 Å². The number of carbonyl (C=O) groups is 4. The highest BCUT2D eigenvalue weighted by atomic mass is 32.2. The lowest BCUT2D eigenvalue weighted by atomic mass is 10.1. The van der Waals surface area contributed by atoms with Gasteiger partial charge < -0.3 is 15.3 Å². The average Bonchev–Trinajstić information content (AvgIpc) is 3.04. The maximum absolute atomic E-state index is 13.0. The summed E-state index contributed by atoms with van der Waals surface area (Å²) in [6, 6.07) is 7.77. The zero-order valence-corrected chi connectivity index (χ0v) is 17.7. The van der Waals surface area contributed by atoms with E-state index >= 15 is 0 Å². The molecule has 0 aromatic heterocycles. The Kier molecular flexibility index (Phi) is 7.23. The van der Waals surface area contributed by atoms with Crippen LogP contribution in [0, 0.1) is 0 Å². The number of rotatable bonds is 6. The first-order valence-electron chi connectivity index (χ1n) is 9.55. The van der Waals surface area contributed by atoms with E-state index in [1.54, 1.807) is 0 Å². The maximum atomic E-state index is 13.0. The zero-order chi connectivity index (χ0) is 21.0. The molecular formula is C20H24N2O5S2. The number of nitrogens with one attached hydrogen (secondary N) is 1. The van der Waals surface area contributed by atoms with E-state index in [-0.39, 0.29) is 22.3 Å². The molecule has 0 bridgehead atoms. The molecule has 2 heterocycles. The molecule has 2 aliphatic heterocycles. The highest BCUT2D eigenvalue weighted by molar-refractivity contribution is 8.14. The summed E-state index contributed by atoms with van der Waals surface area (Å²) in [4.78, 5) is 50.6. The van der Waals surface area contributed by atoms with Gasteiger partial charge in [-0.25, -0.2) is 4.79 Å². The smallest absolute Gasteiger partial charge is 0.327 e. The minimum atomic E-state index is -1.02. The van der Waals surface area contributed by atoms with Crippen LogP contribution in [0.3, 0.4) is 0 Å². The van der Waals surface area contributed by atoms with Crippen molar-refractivity contribution in [1.29, 1.82) is 0 Å². The maximum Gasteiger partial charge on any atom is 0.327 e. The third-order valence-corrected chi connectivity index (χ3v) is 7.41. The largest absolute Gasteiger partial charge is 0.480 e. The Balaban J connectivity index is 1.73. The summed E-state index contributed by atoms with van der Waals surface area (Å²) in [5.74, 6) is -1.37. The summed E-state index contributed by atoms with van der Waals surface area (Å²) in [7, 11) is 0. The normalized spacial score (nSPS) is 25.1. The lowest BCUT2D eigenvalue weighted by Crippen LogP contribution is -2.54. The minimum absolute atomic E-state index is 0.155. The molecule has 7 nitrogen and oxygen atoms in total. The number of carboxylic acids is 1. The number of amides is 2. The highest BCUT2D eigenvalue weighted by Gasteiger charge is 2.45. The topological polar surface area (TPSA) is 104 Å². The van der Waals surface area contributed by atoms with Crippen molar-refractivity contribution in [3.05, 3.63) is 35.9 Å². The molecular weight excluding hydrogens is 412 g/mol. The first kappa shape index (κ1) is 21.7. The summed E-state index contributed by atoms with van der Waals surface area (Å²) in [5.41, 5.74) is 0.926. The number of nitrogens with zero attached hydrogens (tertiary/aromatic N) is 1. The number of carboxylic acid groups (broad SMARTS) is 1. The van der Waals surface area contributed by atoms with Gasteiger partial charge in [0.15, 0.2) is 5.12 Å². The Morgan fingerprint density at radius 2 is 2.00 bits per heavy atom. The summed E-state index contributed by atoms with van der Waals surface area (Å²) in [6.07, 6.45) is 2.27. The van der Waals surface area contributed by atoms with Gasteiger partial charge in [-0.05, 0) is 31.2 Å². The Bertz CT molecular complexity index is 788. The summed E-state index contributed by atoms with van der Waals surface area (Å²) in [6.45, 7) is 1.41. The third kappa shape index (κ3) is 5.33. The molecule has 4 atom stereocenters. The van der Waals surface area contributed by atoms with Crippen molar-refractivity contribution in [2.75, 3.05) is 5.75 Å². The second kappa shape index (κ2) is 9.67. The van der Waals surface area contributed by atoms with Crippen LogP contribution in [0.2, 0.25) is 0 Å². The van der Waals surface area contributed by atoms with Crippen LogP contribution in [0.5, 0.6) is 0 Å². The Labute approximate surface area is 178 Å². The van der Waals surface area contributed by atoms with E-state index in [1.807, 2.05) is 30.3 Å². The molecule has 2 N–H and O–H groups in total. The molecule has 1 unspecified atom stereocenters. The first-order valence-corrected chi connectivity index (χ1v) is 11.5. The quantitative estimate of drug-likeness (QED) is 0.702. The number of hydrogen-bond donors (Lipinski definition) is 2. The van der Waals surface area contributed by atoms with Crippen molar-refractivity contribution < 1.29 is 24.3 Å². The van der Waals surface area contributed by atoms with Crippen LogP contribution in [0.4, 0.5) is 0 Å². The van der Waals surface area contributed by atoms with E-state index < -0.39 is 23.3 Å². The molecule has 3 rings (SSSR count). The molecule has 9 heteroatoms. The van der Waals surface area contributed by atoms with Crippen molar-refractivity contribution in [1.82, 2.24) is 10.2 Å². The van der Waals surface area contributed by atoms with Crippen LogP contribution in [0.15, 0.2) is 30.3 Å². The van der Waals surface area contributed by atoms with Crippen molar-refractivity contribution in [3.63, 3.8) is 0 Å². The molecule has 0 radical (unpaired) electrons. The van der Waals surface area contributed by atoms with Gasteiger partial charge in [0, 0.05) is 12.7 Å². The third-order valence-electron chi connectivity index (χ3n) is 5.06. The number of benzene rings is 1. The van der Waals surface area contributed by atoms with E-state index in [4.69, 9.17) is 0 Å². The summed E-state index contributed by atoms with van der Waals surface area (Å²) >= 11 is 2.43. The van der Waals surface area contributed by atoms with Gasteiger partial charge in [-0.1, -0.05) is 42.1 Å². The molecule has 0 saturated carbocycles. The predicted octanol–water partition coefficient (Wildman–Crippen LogP) is 1.90. The Hall–Kier alpha value is -2.00. The van der Waals surface area contributed by atoms with Gasteiger partial charge >= 0.3 is 5.97 Å². The fourth-order valence-corrected chi connectivity index (χ4v) is 5.99. The van der Waals surface area contributed by atoms with Crippen LogP contribution in [-0.2, 0) is 25.6 Å². The number of thioether (sulfide) groups is 2. The van der Waals surface area contributed by atoms with Crippen molar-refractivity contribution in [3.8, 4) is 0 Å². The Morgan fingerprint density at radius 1 is 1.28 bits per heavy atom. The van der Waals surface area contributed by atoms with Gasteiger partial charge in [-0.15, -0.1) is 11.8 Å². The fraction of sp³-hybridized carbons (Fsp3) is 0.500. The van der Waals surface area contributed by atoms with Gasteiger partial charge in [0.25, 0.3) is 0 Å². The lowest BCUT2D eigenvalue weighted by Gasteiger charge is -2.28. The zero-order valence-electron chi connectivity index (χ0n) is 16.1. The highest BCUT2D eigenvalue weighted by Crippen LogP contribution is 2.35. The number of hydrogen-bond acceptors (Lipinski definition) is 6. The standard InChI is InChI=1S/C20H24N2O5S2/c1-12(23)29-16(10-13-6-3-2-4-7-13)18(24)21-14-8-5-9-17-22(19(14)25)15(11-28-17)20(26)27/h2-4,6-7,14-17H,5,8-11H2,1H3,(H,21,24)(H,26,27)/t14-,15-,16?,17+/m1/s1. The molecule has 2 saturated heterocycles. The van der Waals surface area contributed by atoms with Crippen molar-refractivity contribution >= 4 is 46.4 Å². The SMILES string of the molecule is CC(=O)SC(Cc1ccccc1)C(=O)N[C@@H]1CCC[C@@H]2SC[C@H](C(=O)O)N2C1=O. The summed E-state index contributed by atoms with van der Waals surface area (Å²) in [5, 5.41) is 11.3. The summed E-state index contributed by atoms with van der Waals surface area (Å²) < 4.78 is 0. The predicted molar refractivity (Wildman–Crippen MR) is 113 cm³/mol. The molecule has 29 heavy (non-hydrogen) atoms. The van der Waals surface area contributed by atoms with E-state index in [2.05, 4.69) is 5.32 Å². The second-order valence-electron chi connectivity index (χ2n) is 7.17. The van der Waals surface area contributed by atoms with E-state index in [1.165, 1.54) is 23.6 Å². The van der Waals surface area contributed by atoms with E-state index in [0.717, 1.165) is 23.7 Å². The van der Waals surface area contributed by atoms with Crippen molar-refractivity contribution in [2.45, 2.75) is 55.3 Å². The lowest BCUT2D eigenvalue weighted by molar-refractivity contribution is -0.149. The molecule has 1 aromatic carbocycles. The molecule has 156 valence electrons. The first-order chi connectivity index (χ1) is 13.9. The van der Waals surface area contributed by atoms with Gasteiger partial charge in [-0.2, -0.15) is 0 Å². The number of carbonyl (C=O) groups excluding carboxylic acids is 3. The number of aliphatic carboxylic acids is 1. The molecule has 2 amide bonds. The fourth-order valence-electron chi connectivity index (χ4n) is 3.69. The van der Waals surface area contributed by atoms with Gasteiger partial charge in [0.1, 0.15) is 12.1 Å². The molecule has 2 aliphatic rings. The van der Waals surface area contributed by atoms with Crippen LogP contribution in [-0.4, -0.2) is 61.4 Å². The van der Waals surface area contributed by atoms with E-state index in [0.29, 0.717) is 25.0 Å². The Morgan fingerprint density at radius 3 is 2.66 bits per heavy atom. The van der Waals surface area contributed by atoms with Crippen LogP contribution >= 0.6 is 23.5 Å². The second-order valence-corrected chi connectivity index (χ2v) is 9.76. The van der Waals surface area contributed by atoms with Crippen LogP contribution < -0.4 is 5.32 Å². The average molecular weight is 437 g/mol. The monoisotopic (exact) mass is 436 g/mol. The van der Waals surface area contributed by atoms with Crippen LogP contribution in [0.1, 0.15) is 31.7 Å². The molecule has 0 spiro atoms.